The van der Waals surface area contributed by atoms with Crippen molar-refractivity contribution >= 4 is 67.8 Å². The molecule has 1 N–H and O–H groups in total. The lowest BCUT2D eigenvalue weighted by atomic mass is 10.2. The lowest BCUT2D eigenvalue weighted by Gasteiger charge is -2.14. The van der Waals surface area contributed by atoms with Crippen molar-refractivity contribution in [3.63, 3.8) is 0 Å². The Balaban J connectivity index is 1.54. The van der Waals surface area contributed by atoms with Gasteiger partial charge in [-0.15, -0.1) is 0 Å². The second kappa shape index (κ2) is 9.49. The van der Waals surface area contributed by atoms with Gasteiger partial charge in [-0.2, -0.15) is 0 Å². The number of hydrogen-bond donors (Lipinski definition) is 1. The highest BCUT2D eigenvalue weighted by Gasteiger charge is 2.31. The van der Waals surface area contributed by atoms with E-state index in [0.717, 1.165) is 21.3 Å². The maximum absolute atomic E-state index is 12.6. The summed E-state index contributed by atoms with van der Waals surface area (Å²) in [5, 5.41) is 2.91. The van der Waals surface area contributed by atoms with E-state index in [9.17, 15) is 9.59 Å². The average molecular weight is 475 g/mol. The lowest BCUT2D eigenvalue weighted by molar-refractivity contribution is -0.122. The van der Waals surface area contributed by atoms with Crippen LogP contribution in [0.3, 0.4) is 0 Å². The number of nitrogens with zero attached hydrogens (tertiary/aromatic N) is 1. The Morgan fingerprint density at radius 3 is 2.64 bits per heavy atom. The Morgan fingerprint density at radius 2 is 1.93 bits per heavy atom. The SMILES string of the molecule is Cc1ccccc1NC(=O)CCCN1C(=O)/C(=C/c2ccc(Br)cc2)SC1=S. The Labute approximate surface area is 182 Å². The molecule has 2 amide bonds. The van der Waals surface area contributed by atoms with Crippen molar-refractivity contribution in [3.05, 3.63) is 69.0 Å². The van der Waals surface area contributed by atoms with E-state index in [1.807, 2.05) is 61.5 Å². The number of anilines is 1. The van der Waals surface area contributed by atoms with E-state index >= 15 is 0 Å². The molecule has 1 saturated heterocycles. The van der Waals surface area contributed by atoms with Gasteiger partial charge in [0.2, 0.25) is 5.91 Å². The molecule has 144 valence electrons. The molecule has 0 unspecified atom stereocenters. The predicted molar refractivity (Wildman–Crippen MR) is 123 cm³/mol. The molecule has 7 heteroatoms. The van der Waals surface area contributed by atoms with E-state index in [1.165, 1.54) is 11.8 Å². The molecular formula is C21H19BrN2O2S2. The van der Waals surface area contributed by atoms with E-state index in [-0.39, 0.29) is 11.8 Å². The highest BCUT2D eigenvalue weighted by Crippen LogP contribution is 2.32. The first kappa shape index (κ1) is 20.8. The molecule has 1 aliphatic rings. The largest absolute Gasteiger partial charge is 0.326 e. The number of aryl methyl sites for hydroxylation is 1. The standard InChI is InChI=1S/C21H19BrN2O2S2/c1-14-5-2-3-6-17(14)23-19(25)7-4-12-24-20(26)18(28-21(24)27)13-15-8-10-16(22)11-9-15/h2-3,5-6,8-11,13H,4,7,12H2,1H3,(H,23,25)/b18-13-. The number of para-hydroxylation sites is 1. The van der Waals surface area contributed by atoms with Crippen LogP contribution in [-0.2, 0) is 9.59 Å². The molecule has 0 aliphatic carbocycles. The quantitative estimate of drug-likeness (QED) is 0.451. The monoisotopic (exact) mass is 474 g/mol. The van der Waals surface area contributed by atoms with Crippen LogP contribution in [0.2, 0.25) is 0 Å². The van der Waals surface area contributed by atoms with Crippen LogP contribution in [0.4, 0.5) is 5.69 Å². The molecular weight excluding hydrogens is 456 g/mol. The van der Waals surface area contributed by atoms with Gasteiger partial charge in [0.15, 0.2) is 0 Å². The van der Waals surface area contributed by atoms with Crippen molar-refractivity contribution in [2.45, 2.75) is 19.8 Å². The number of halogens is 1. The summed E-state index contributed by atoms with van der Waals surface area (Å²) in [6.45, 7) is 2.39. The average Bonchev–Trinajstić information content (AvgIpc) is 2.93. The fraction of sp³-hybridized carbons (Fsp3) is 0.190. The zero-order chi connectivity index (χ0) is 20.1. The summed E-state index contributed by atoms with van der Waals surface area (Å²) in [6, 6.07) is 15.4. The molecule has 0 aromatic heterocycles. The second-order valence-electron chi connectivity index (χ2n) is 6.35. The van der Waals surface area contributed by atoms with Crippen molar-refractivity contribution < 1.29 is 9.59 Å². The summed E-state index contributed by atoms with van der Waals surface area (Å²) in [6.07, 6.45) is 2.73. The molecule has 1 aliphatic heterocycles. The van der Waals surface area contributed by atoms with E-state index < -0.39 is 0 Å². The molecule has 3 rings (SSSR count). The van der Waals surface area contributed by atoms with Crippen molar-refractivity contribution in [3.8, 4) is 0 Å². The van der Waals surface area contributed by atoms with Crippen molar-refractivity contribution in [1.29, 1.82) is 0 Å². The molecule has 1 fully saturated rings. The van der Waals surface area contributed by atoms with E-state index in [1.54, 1.807) is 4.90 Å². The van der Waals surface area contributed by atoms with Crippen LogP contribution >= 0.6 is 39.9 Å². The number of hydrogen-bond acceptors (Lipinski definition) is 4. The number of benzene rings is 2. The first-order chi connectivity index (χ1) is 13.4. The third-order valence-electron chi connectivity index (χ3n) is 4.25. The molecule has 0 bridgehead atoms. The molecule has 28 heavy (non-hydrogen) atoms. The van der Waals surface area contributed by atoms with Crippen molar-refractivity contribution in [2.24, 2.45) is 0 Å². The Morgan fingerprint density at radius 1 is 1.21 bits per heavy atom. The van der Waals surface area contributed by atoms with Gasteiger partial charge in [-0.05, 0) is 48.7 Å². The summed E-state index contributed by atoms with van der Waals surface area (Å²) < 4.78 is 1.52. The van der Waals surface area contributed by atoms with Gasteiger partial charge in [0.05, 0.1) is 4.91 Å². The van der Waals surface area contributed by atoms with Gasteiger partial charge in [-0.1, -0.05) is 70.2 Å². The van der Waals surface area contributed by atoms with Gasteiger partial charge in [0.25, 0.3) is 5.91 Å². The first-order valence-electron chi connectivity index (χ1n) is 8.80. The maximum Gasteiger partial charge on any atom is 0.266 e. The Kier molecular flexibility index (Phi) is 7.04. The van der Waals surface area contributed by atoms with E-state index in [4.69, 9.17) is 12.2 Å². The smallest absolute Gasteiger partial charge is 0.266 e. The van der Waals surface area contributed by atoms with Gasteiger partial charge in [0.1, 0.15) is 4.32 Å². The summed E-state index contributed by atoms with van der Waals surface area (Å²) in [4.78, 5) is 27.0. The molecule has 2 aromatic rings. The van der Waals surface area contributed by atoms with Crippen LogP contribution in [0.25, 0.3) is 6.08 Å². The van der Waals surface area contributed by atoms with Crippen LogP contribution < -0.4 is 5.32 Å². The van der Waals surface area contributed by atoms with Gasteiger partial charge >= 0.3 is 0 Å². The van der Waals surface area contributed by atoms with E-state index in [0.29, 0.717) is 28.6 Å². The predicted octanol–water partition coefficient (Wildman–Crippen LogP) is 5.38. The number of amides is 2. The number of carbonyl (C=O) groups is 2. The van der Waals surface area contributed by atoms with Crippen molar-refractivity contribution in [2.75, 3.05) is 11.9 Å². The normalized spacial score (nSPS) is 15.4. The summed E-state index contributed by atoms with van der Waals surface area (Å²) >= 11 is 10.1. The van der Waals surface area contributed by atoms with Crippen LogP contribution in [0, 0.1) is 6.92 Å². The minimum atomic E-state index is -0.0998. The lowest BCUT2D eigenvalue weighted by Crippen LogP contribution is -2.29. The summed E-state index contributed by atoms with van der Waals surface area (Å²) in [5.41, 5.74) is 2.78. The number of nitrogens with one attached hydrogen (secondary N) is 1. The molecule has 0 atom stereocenters. The summed E-state index contributed by atoms with van der Waals surface area (Å²) in [5.74, 6) is -0.164. The number of thiocarbonyl (C=S) groups is 1. The molecule has 0 saturated carbocycles. The summed E-state index contributed by atoms with van der Waals surface area (Å²) in [7, 11) is 0. The van der Waals surface area contributed by atoms with E-state index in [2.05, 4.69) is 21.2 Å². The topological polar surface area (TPSA) is 49.4 Å². The molecule has 0 radical (unpaired) electrons. The molecule has 2 aromatic carbocycles. The van der Waals surface area contributed by atoms with Gasteiger partial charge < -0.3 is 5.32 Å². The van der Waals surface area contributed by atoms with Crippen LogP contribution in [-0.4, -0.2) is 27.6 Å². The van der Waals surface area contributed by atoms with Gasteiger partial charge in [-0.25, -0.2) is 0 Å². The molecule has 1 heterocycles. The van der Waals surface area contributed by atoms with Crippen LogP contribution in [0.5, 0.6) is 0 Å². The third kappa shape index (κ3) is 5.31. The Bertz CT molecular complexity index is 942. The minimum absolute atomic E-state index is 0.0647. The Hall–Kier alpha value is -1.96. The fourth-order valence-corrected chi connectivity index (χ4v) is 4.30. The zero-order valence-corrected chi connectivity index (χ0v) is 18.5. The maximum atomic E-state index is 12.6. The number of thioether (sulfide) groups is 1. The second-order valence-corrected chi connectivity index (χ2v) is 8.94. The fourth-order valence-electron chi connectivity index (χ4n) is 2.73. The molecule has 4 nitrogen and oxygen atoms in total. The highest BCUT2D eigenvalue weighted by atomic mass is 79.9. The highest BCUT2D eigenvalue weighted by molar-refractivity contribution is 9.10. The number of rotatable bonds is 6. The minimum Gasteiger partial charge on any atom is -0.326 e. The zero-order valence-electron chi connectivity index (χ0n) is 15.3. The third-order valence-corrected chi connectivity index (χ3v) is 6.15. The van der Waals surface area contributed by atoms with Gasteiger partial charge in [-0.3, -0.25) is 14.5 Å². The molecule has 0 spiro atoms. The van der Waals surface area contributed by atoms with Gasteiger partial charge in [0, 0.05) is 23.1 Å². The first-order valence-corrected chi connectivity index (χ1v) is 10.8. The number of carbonyl (C=O) groups excluding carboxylic acids is 2. The van der Waals surface area contributed by atoms with Crippen LogP contribution in [0.15, 0.2) is 57.9 Å². The van der Waals surface area contributed by atoms with Crippen molar-refractivity contribution in [1.82, 2.24) is 4.90 Å². The van der Waals surface area contributed by atoms with Crippen LogP contribution in [0.1, 0.15) is 24.0 Å².